The Hall–Kier alpha value is -2.09. The van der Waals surface area contributed by atoms with Gasteiger partial charge in [0.2, 0.25) is 5.91 Å². The van der Waals surface area contributed by atoms with Crippen molar-refractivity contribution in [1.29, 1.82) is 0 Å². The molecule has 8 heteroatoms. The first-order chi connectivity index (χ1) is 12.9. The molecule has 1 saturated carbocycles. The number of anilines is 1. The standard InChI is InChI=1S/C19H27N3O4S/c1-14(13-22-11-5-10-18(22)23)20-19(24)21-15-6-4-9-17(12-15)27(25,26)16-7-2-3-8-16/h4,6,9,12,14,16H,2-3,5,7-8,10-11,13H2,1H3,(H2,20,21,24)/t14-/m1/s1. The number of carbonyl (C=O) groups is 2. The van der Waals surface area contributed by atoms with Crippen molar-refractivity contribution in [3.63, 3.8) is 0 Å². The summed E-state index contributed by atoms with van der Waals surface area (Å²) < 4.78 is 25.4. The second kappa shape index (κ2) is 8.29. The molecule has 1 aromatic carbocycles. The van der Waals surface area contributed by atoms with E-state index >= 15 is 0 Å². The Morgan fingerprint density at radius 1 is 1.26 bits per heavy atom. The molecule has 1 aliphatic carbocycles. The molecule has 1 atom stereocenters. The lowest BCUT2D eigenvalue weighted by molar-refractivity contribution is -0.127. The molecule has 0 spiro atoms. The SMILES string of the molecule is C[C@H](CN1CCCC1=O)NC(=O)Nc1cccc(S(=O)(=O)C2CCCC2)c1. The van der Waals surface area contributed by atoms with Gasteiger partial charge in [-0.2, -0.15) is 0 Å². The van der Waals surface area contributed by atoms with Crippen LogP contribution < -0.4 is 10.6 Å². The molecule has 2 N–H and O–H groups in total. The van der Waals surface area contributed by atoms with Crippen molar-refractivity contribution in [3.8, 4) is 0 Å². The number of hydrogen-bond acceptors (Lipinski definition) is 4. The van der Waals surface area contributed by atoms with Crippen LogP contribution in [0.5, 0.6) is 0 Å². The van der Waals surface area contributed by atoms with E-state index < -0.39 is 15.9 Å². The number of carbonyl (C=O) groups excluding carboxylic acids is 2. The molecule has 2 aliphatic rings. The quantitative estimate of drug-likeness (QED) is 0.776. The Morgan fingerprint density at radius 3 is 2.67 bits per heavy atom. The number of hydrogen-bond donors (Lipinski definition) is 2. The highest BCUT2D eigenvalue weighted by Crippen LogP contribution is 2.30. The third-order valence-electron chi connectivity index (χ3n) is 5.20. The van der Waals surface area contributed by atoms with Crippen molar-refractivity contribution in [1.82, 2.24) is 10.2 Å². The van der Waals surface area contributed by atoms with Crippen LogP contribution in [-0.4, -0.2) is 49.6 Å². The molecule has 3 amide bonds. The Bertz CT molecular complexity index is 803. The van der Waals surface area contributed by atoms with Gasteiger partial charge in [-0.15, -0.1) is 0 Å². The largest absolute Gasteiger partial charge is 0.341 e. The molecule has 148 valence electrons. The number of amides is 3. The van der Waals surface area contributed by atoms with Gasteiger partial charge in [0.25, 0.3) is 0 Å². The fourth-order valence-corrected chi connectivity index (χ4v) is 5.70. The summed E-state index contributed by atoms with van der Waals surface area (Å²) in [6, 6.07) is 5.80. The van der Waals surface area contributed by atoms with Crippen LogP contribution in [0.15, 0.2) is 29.2 Å². The van der Waals surface area contributed by atoms with Crippen LogP contribution in [0.25, 0.3) is 0 Å². The molecule has 27 heavy (non-hydrogen) atoms. The Labute approximate surface area is 160 Å². The minimum Gasteiger partial charge on any atom is -0.341 e. The van der Waals surface area contributed by atoms with E-state index in [0.29, 0.717) is 31.5 Å². The summed E-state index contributed by atoms with van der Waals surface area (Å²) in [5.74, 6) is 0.119. The zero-order chi connectivity index (χ0) is 19.4. The van der Waals surface area contributed by atoms with E-state index in [-0.39, 0.29) is 22.1 Å². The van der Waals surface area contributed by atoms with Crippen LogP contribution in [0.2, 0.25) is 0 Å². The maximum atomic E-state index is 12.7. The smallest absolute Gasteiger partial charge is 0.319 e. The highest BCUT2D eigenvalue weighted by Gasteiger charge is 2.30. The molecule has 1 aromatic rings. The zero-order valence-corrected chi connectivity index (χ0v) is 16.4. The first-order valence-corrected chi connectivity index (χ1v) is 11.1. The van der Waals surface area contributed by atoms with Gasteiger partial charge in [0, 0.05) is 31.2 Å². The fourth-order valence-electron chi connectivity index (χ4n) is 3.81. The molecule has 0 radical (unpaired) electrons. The fraction of sp³-hybridized carbons (Fsp3) is 0.579. The van der Waals surface area contributed by atoms with Crippen LogP contribution in [0.4, 0.5) is 10.5 Å². The summed E-state index contributed by atoms with van der Waals surface area (Å²) in [5, 5.41) is 5.17. The van der Waals surface area contributed by atoms with Crippen LogP contribution in [0, 0.1) is 0 Å². The van der Waals surface area contributed by atoms with Crippen LogP contribution in [-0.2, 0) is 14.6 Å². The van der Waals surface area contributed by atoms with Gasteiger partial charge in [-0.25, -0.2) is 13.2 Å². The van der Waals surface area contributed by atoms with E-state index in [0.717, 1.165) is 25.8 Å². The average Bonchev–Trinajstić information content (AvgIpc) is 3.28. The van der Waals surface area contributed by atoms with Crippen molar-refractivity contribution in [2.24, 2.45) is 0 Å². The van der Waals surface area contributed by atoms with Gasteiger partial charge >= 0.3 is 6.03 Å². The molecular formula is C19H27N3O4S. The Kier molecular flexibility index (Phi) is 6.04. The number of urea groups is 1. The first-order valence-electron chi connectivity index (χ1n) is 9.55. The summed E-state index contributed by atoms with van der Waals surface area (Å²) in [7, 11) is -3.36. The molecule has 0 unspecified atom stereocenters. The van der Waals surface area contributed by atoms with Gasteiger partial charge in [0.15, 0.2) is 9.84 Å². The Morgan fingerprint density at radius 2 is 2.00 bits per heavy atom. The minimum absolute atomic E-state index is 0.119. The highest BCUT2D eigenvalue weighted by atomic mass is 32.2. The highest BCUT2D eigenvalue weighted by molar-refractivity contribution is 7.92. The number of nitrogens with zero attached hydrogens (tertiary/aromatic N) is 1. The topological polar surface area (TPSA) is 95.6 Å². The van der Waals surface area contributed by atoms with Gasteiger partial charge in [-0.05, 0) is 44.4 Å². The van der Waals surface area contributed by atoms with Crippen molar-refractivity contribution in [2.45, 2.75) is 61.6 Å². The molecule has 7 nitrogen and oxygen atoms in total. The molecular weight excluding hydrogens is 366 g/mol. The molecule has 1 heterocycles. The number of sulfone groups is 1. The number of likely N-dealkylation sites (tertiary alicyclic amines) is 1. The third-order valence-corrected chi connectivity index (χ3v) is 7.46. The van der Waals surface area contributed by atoms with Crippen molar-refractivity contribution in [2.75, 3.05) is 18.4 Å². The molecule has 0 bridgehead atoms. The summed E-state index contributed by atoms with van der Waals surface area (Å²) in [4.78, 5) is 25.9. The van der Waals surface area contributed by atoms with Crippen LogP contribution >= 0.6 is 0 Å². The number of nitrogens with one attached hydrogen (secondary N) is 2. The van der Waals surface area contributed by atoms with Crippen molar-refractivity contribution in [3.05, 3.63) is 24.3 Å². The van der Waals surface area contributed by atoms with E-state index in [1.165, 1.54) is 6.07 Å². The van der Waals surface area contributed by atoms with Gasteiger partial charge in [-0.3, -0.25) is 4.79 Å². The second-order valence-corrected chi connectivity index (χ2v) is 9.65. The van der Waals surface area contributed by atoms with E-state index in [4.69, 9.17) is 0 Å². The predicted molar refractivity (Wildman–Crippen MR) is 103 cm³/mol. The average molecular weight is 394 g/mol. The van der Waals surface area contributed by atoms with E-state index in [9.17, 15) is 18.0 Å². The molecule has 1 aliphatic heterocycles. The second-order valence-electron chi connectivity index (χ2n) is 7.42. The third kappa shape index (κ3) is 4.80. The van der Waals surface area contributed by atoms with Gasteiger partial charge in [0.1, 0.15) is 0 Å². The molecule has 3 rings (SSSR count). The predicted octanol–water partition coefficient (Wildman–Crippen LogP) is 2.54. The summed E-state index contributed by atoms with van der Waals surface area (Å²) in [5.41, 5.74) is 0.441. The zero-order valence-electron chi connectivity index (χ0n) is 15.6. The summed E-state index contributed by atoms with van der Waals surface area (Å²) in [6.07, 6.45) is 4.73. The van der Waals surface area contributed by atoms with E-state index in [2.05, 4.69) is 10.6 Å². The lowest BCUT2D eigenvalue weighted by Crippen LogP contribution is -2.44. The first kappa shape index (κ1) is 19.7. The Balaban J connectivity index is 1.58. The van der Waals surface area contributed by atoms with E-state index in [1.54, 1.807) is 23.1 Å². The van der Waals surface area contributed by atoms with Gasteiger partial charge in [0.05, 0.1) is 10.1 Å². The lowest BCUT2D eigenvalue weighted by Gasteiger charge is -2.22. The van der Waals surface area contributed by atoms with Gasteiger partial charge < -0.3 is 15.5 Å². The number of benzene rings is 1. The molecule has 0 aromatic heterocycles. The van der Waals surface area contributed by atoms with E-state index in [1.807, 2.05) is 6.92 Å². The molecule has 1 saturated heterocycles. The summed E-state index contributed by atoms with van der Waals surface area (Å²) >= 11 is 0. The van der Waals surface area contributed by atoms with Crippen LogP contribution in [0.1, 0.15) is 45.4 Å². The maximum Gasteiger partial charge on any atom is 0.319 e. The monoisotopic (exact) mass is 393 g/mol. The van der Waals surface area contributed by atoms with Crippen molar-refractivity contribution < 1.29 is 18.0 Å². The van der Waals surface area contributed by atoms with Gasteiger partial charge in [-0.1, -0.05) is 18.9 Å². The summed E-state index contributed by atoms with van der Waals surface area (Å²) in [6.45, 7) is 3.04. The minimum atomic E-state index is -3.36. The normalized spacial score (nSPS) is 19.3. The van der Waals surface area contributed by atoms with Crippen LogP contribution in [0.3, 0.4) is 0 Å². The molecule has 2 fully saturated rings. The van der Waals surface area contributed by atoms with Crippen molar-refractivity contribution >= 4 is 27.5 Å². The number of rotatable bonds is 6. The lowest BCUT2D eigenvalue weighted by atomic mass is 10.3. The maximum absolute atomic E-state index is 12.7.